The Bertz CT molecular complexity index is 1140. The van der Waals surface area contributed by atoms with E-state index in [1.165, 1.54) is 6.07 Å². The van der Waals surface area contributed by atoms with Gasteiger partial charge in [0.25, 0.3) is 5.91 Å². The first-order chi connectivity index (χ1) is 12.6. The van der Waals surface area contributed by atoms with Crippen molar-refractivity contribution in [1.29, 1.82) is 0 Å². The summed E-state index contributed by atoms with van der Waals surface area (Å²) >= 11 is 0. The number of carbonyl (C=O) groups is 1. The van der Waals surface area contributed by atoms with Gasteiger partial charge in [-0.15, -0.1) is 0 Å². The van der Waals surface area contributed by atoms with Crippen LogP contribution in [0.25, 0.3) is 33.1 Å². The van der Waals surface area contributed by atoms with Crippen LogP contribution in [-0.4, -0.2) is 39.4 Å². The number of rotatable bonds is 3. The SMILES string of the molecule is CCN(C)C(=O)c1cnc2[nH]cc(-c3cc(F)c4ncccc4c3)c2c1. The molecule has 0 saturated heterocycles. The van der Waals surface area contributed by atoms with Crippen LogP contribution in [0.3, 0.4) is 0 Å². The molecule has 0 radical (unpaired) electrons. The maximum atomic E-state index is 14.4. The number of aromatic nitrogens is 3. The van der Waals surface area contributed by atoms with Gasteiger partial charge in [0.2, 0.25) is 0 Å². The number of H-pyrrole nitrogens is 1. The van der Waals surface area contributed by atoms with Crippen LogP contribution in [0.5, 0.6) is 0 Å². The van der Waals surface area contributed by atoms with Crippen LogP contribution in [0.2, 0.25) is 0 Å². The van der Waals surface area contributed by atoms with Gasteiger partial charge in [0.05, 0.1) is 5.56 Å². The molecule has 1 aromatic carbocycles. The molecule has 4 aromatic rings. The highest BCUT2D eigenvalue weighted by Gasteiger charge is 2.15. The summed E-state index contributed by atoms with van der Waals surface area (Å²) in [5.41, 5.74) is 3.01. The number of nitrogens with one attached hydrogen (secondary N) is 1. The lowest BCUT2D eigenvalue weighted by atomic mass is 10.0. The van der Waals surface area contributed by atoms with E-state index in [0.717, 1.165) is 16.3 Å². The first kappa shape index (κ1) is 16.2. The number of nitrogens with zero attached hydrogens (tertiary/aromatic N) is 3. The van der Waals surface area contributed by atoms with E-state index in [9.17, 15) is 9.18 Å². The van der Waals surface area contributed by atoms with Crippen molar-refractivity contribution < 1.29 is 9.18 Å². The molecule has 0 fully saturated rings. The number of carbonyl (C=O) groups excluding carboxylic acids is 1. The predicted octanol–water partition coefficient (Wildman–Crippen LogP) is 4.01. The molecule has 1 amide bonds. The third-order valence-electron chi connectivity index (χ3n) is 4.57. The fraction of sp³-hybridized carbons (Fsp3) is 0.150. The molecule has 3 aromatic heterocycles. The molecule has 0 unspecified atom stereocenters. The summed E-state index contributed by atoms with van der Waals surface area (Å²) in [6.45, 7) is 2.53. The Morgan fingerprint density at radius 3 is 2.92 bits per heavy atom. The molecule has 0 aliphatic rings. The number of pyridine rings is 2. The minimum atomic E-state index is -0.377. The number of halogens is 1. The van der Waals surface area contributed by atoms with E-state index in [1.54, 1.807) is 42.7 Å². The summed E-state index contributed by atoms with van der Waals surface area (Å²) in [5.74, 6) is -0.471. The van der Waals surface area contributed by atoms with Crippen LogP contribution < -0.4 is 0 Å². The zero-order valence-corrected chi connectivity index (χ0v) is 14.5. The molecule has 0 saturated carbocycles. The fourth-order valence-electron chi connectivity index (χ4n) is 3.03. The monoisotopic (exact) mass is 348 g/mol. The van der Waals surface area contributed by atoms with Gasteiger partial charge >= 0.3 is 0 Å². The number of benzene rings is 1. The second-order valence-corrected chi connectivity index (χ2v) is 6.18. The van der Waals surface area contributed by atoms with Crippen LogP contribution in [0.4, 0.5) is 4.39 Å². The van der Waals surface area contributed by atoms with Crippen LogP contribution in [0.1, 0.15) is 17.3 Å². The number of amides is 1. The molecule has 0 aliphatic heterocycles. The summed E-state index contributed by atoms with van der Waals surface area (Å²) in [6, 6.07) is 8.76. The van der Waals surface area contributed by atoms with Gasteiger partial charge in [0, 0.05) is 48.5 Å². The van der Waals surface area contributed by atoms with Crippen molar-refractivity contribution in [2.24, 2.45) is 0 Å². The normalized spacial score (nSPS) is 11.2. The van der Waals surface area contributed by atoms with Crippen LogP contribution in [0, 0.1) is 5.82 Å². The summed E-state index contributed by atoms with van der Waals surface area (Å²) < 4.78 is 14.4. The largest absolute Gasteiger partial charge is 0.346 e. The Kier molecular flexibility index (Phi) is 3.88. The van der Waals surface area contributed by atoms with Crippen molar-refractivity contribution in [3.63, 3.8) is 0 Å². The quantitative estimate of drug-likeness (QED) is 0.608. The summed E-state index contributed by atoms with van der Waals surface area (Å²) in [6.07, 6.45) is 4.91. The minimum Gasteiger partial charge on any atom is -0.346 e. The van der Waals surface area contributed by atoms with Crippen molar-refractivity contribution in [3.8, 4) is 11.1 Å². The first-order valence-corrected chi connectivity index (χ1v) is 8.35. The van der Waals surface area contributed by atoms with Crippen molar-refractivity contribution in [3.05, 3.63) is 60.3 Å². The molecule has 0 spiro atoms. The molecular weight excluding hydrogens is 331 g/mol. The van der Waals surface area contributed by atoms with Gasteiger partial charge in [-0.05, 0) is 36.8 Å². The third-order valence-corrected chi connectivity index (χ3v) is 4.57. The number of hydrogen-bond acceptors (Lipinski definition) is 3. The molecule has 130 valence electrons. The molecule has 5 nitrogen and oxygen atoms in total. The van der Waals surface area contributed by atoms with Gasteiger partial charge in [-0.1, -0.05) is 6.07 Å². The maximum Gasteiger partial charge on any atom is 0.255 e. The van der Waals surface area contributed by atoms with E-state index in [2.05, 4.69) is 15.0 Å². The zero-order chi connectivity index (χ0) is 18.3. The second kappa shape index (κ2) is 6.22. The second-order valence-electron chi connectivity index (χ2n) is 6.18. The number of fused-ring (bicyclic) bond motifs is 2. The average Bonchev–Trinajstić information content (AvgIpc) is 3.10. The third kappa shape index (κ3) is 2.60. The fourth-order valence-corrected chi connectivity index (χ4v) is 3.03. The minimum absolute atomic E-state index is 0.0945. The van der Waals surface area contributed by atoms with Crippen molar-refractivity contribution in [2.75, 3.05) is 13.6 Å². The molecule has 26 heavy (non-hydrogen) atoms. The van der Waals surface area contributed by atoms with E-state index >= 15 is 0 Å². The topological polar surface area (TPSA) is 61.9 Å². The highest BCUT2D eigenvalue weighted by Crippen LogP contribution is 2.31. The first-order valence-electron chi connectivity index (χ1n) is 8.35. The lowest BCUT2D eigenvalue weighted by molar-refractivity contribution is 0.0802. The van der Waals surface area contributed by atoms with Crippen LogP contribution >= 0.6 is 0 Å². The average molecular weight is 348 g/mol. The number of aromatic amines is 1. The Labute approximate surface area is 149 Å². The summed E-state index contributed by atoms with van der Waals surface area (Å²) in [5, 5.41) is 1.51. The van der Waals surface area contributed by atoms with Crippen LogP contribution in [0.15, 0.2) is 48.9 Å². The van der Waals surface area contributed by atoms with Gasteiger partial charge in [-0.2, -0.15) is 0 Å². The van der Waals surface area contributed by atoms with Gasteiger partial charge in [-0.3, -0.25) is 9.78 Å². The van der Waals surface area contributed by atoms with Gasteiger partial charge in [-0.25, -0.2) is 9.37 Å². The zero-order valence-electron chi connectivity index (χ0n) is 14.5. The Morgan fingerprint density at radius 1 is 1.27 bits per heavy atom. The molecule has 6 heteroatoms. The Balaban J connectivity index is 1.88. The number of hydrogen-bond donors (Lipinski definition) is 1. The van der Waals surface area contributed by atoms with E-state index in [0.29, 0.717) is 28.8 Å². The van der Waals surface area contributed by atoms with E-state index in [4.69, 9.17) is 0 Å². The van der Waals surface area contributed by atoms with Gasteiger partial charge in [0.15, 0.2) is 0 Å². The smallest absolute Gasteiger partial charge is 0.255 e. The van der Waals surface area contributed by atoms with Gasteiger partial charge in [0.1, 0.15) is 17.0 Å². The molecular formula is C20H17FN4O. The molecule has 1 N–H and O–H groups in total. The van der Waals surface area contributed by atoms with Crippen molar-refractivity contribution in [2.45, 2.75) is 6.92 Å². The highest BCUT2D eigenvalue weighted by molar-refractivity contribution is 6.01. The van der Waals surface area contributed by atoms with Gasteiger partial charge < -0.3 is 9.88 Å². The molecule has 0 bridgehead atoms. The van der Waals surface area contributed by atoms with Crippen molar-refractivity contribution in [1.82, 2.24) is 19.9 Å². The van der Waals surface area contributed by atoms with E-state index < -0.39 is 0 Å². The molecule has 0 aliphatic carbocycles. The molecule has 3 heterocycles. The van der Waals surface area contributed by atoms with E-state index in [1.807, 2.05) is 19.1 Å². The maximum absolute atomic E-state index is 14.4. The van der Waals surface area contributed by atoms with Crippen molar-refractivity contribution >= 4 is 27.8 Å². The van der Waals surface area contributed by atoms with E-state index in [-0.39, 0.29) is 11.7 Å². The summed E-state index contributed by atoms with van der Waals surface area (Å²) in [4.78, 5) is 25.6. The molecule has 4 rings (SSSR count). The Morgan fingerprint density at radius 2 is 2.12 bits per heavy atom. The standard InChI is InChI=1S/C20H17FN4O/c1-3-25(2)20(26)14-8-15-16(11-24-19(15)23-10-14)13-7-12-5-4-6-22-18(12)17(21)9-13/h4-11H,3H2,1-2H3,(H,23,24). The lowest BCUT2D eigenvalue weighted by Gasteiger charge is -2.14. The predicted molar refractivity (Wildman–Crippen MR) is 99.4 cm³/mol. The molecule has 0 atom stereocenters. The lowest BCUT2D eigenvalue weighted by Crippen LogP contribution is -2.26. The summed E-state index contributed by atoms with van der Waals surface area (Å²) in [7, 11) is 1.75. The van der Waals surface area contributed by atoms with Crippen LogP contribution in [-0.2, 0) is 0 Å². The Hall–Kier alpha value is -3.28. The highest BCUT2D eigenvalue weighted by atomic mass is 19.1.